The molecule has 1 aliphatic heterocycles. The van der Waals surface area contributed by atoms with Crippen molar-refractivity contribution in [2.24, 2.45) is 5.92 Å². The summed E-state index contributed by atoms with van der Waals surface area (Å²) in [5.41, 5.74) is 1.22. The van der Waals surface area contributed by atoms with Crippen LogP contribution in [0, 0.1) is 5.92 Å². The van der Waals surface area contributed by atoms with Crippen LogP contribution in [0.4, 0.5) is 0 Å². The standard InChI is InChI=1S/C12H24N2/c1-10(2)13-9-12-5-7-14(8-6-12)11(3)4/h10,12-13H,3,5-9H2,1-2,4H3. The van der Waals surface area contributed by atoms with Crippen molar-refractivity contribution in [2.75, 3.05) is 19.6 Å². The Morgan fingerprint density at radius 2 is 2.00 bits per heavy atom. The van der Waals surface area contributed by atoms with E-state index in [0.29, 0.717) is 6.04 Å². The fourth-order valence-corrected chi connectivity index (χ4v) is 1.92. The third-order valence-electron chi connectivity index (χ3n) is 2.97. The smallest absolute Gasteiger partial charge is 0.0177 e. The van der Waals surface area contributed by atoms with Gasteiger partial charge < -0.3 is 10.2 Å². The number of nitrogens with one attached hydrogen (secondary N) is 1. The summed E-state index contributed by atoms with van der Waals surface area (Å²) < 4.78 is 0. The molecular weight excluding hydrogens is 172 g/mol. The summed E-state index contributed by atoms with van der Waals surface area (Å²) in [6.45, 7) is 14.1. The van der Waals surface area contributed by atoms with Crippen LogP contribution in [-0.4, -0.2) is 30.6 Å². The second kappa shape index (κ2) is 5.40. The third-order valence-corrected chi connectivity index (χ3v) is 2.97. The Morgan fingerprint density at radius 1 is 1.43 bits per heavy atom. The first kappa shape index (κ1) is 11.6. The predicted octanol–water partition coefficient (Wildman–Crippen LogP) is 2.23. The molecule has 0 spiro atoms. The number of allylic oxidation sites excluding steroid dienone is 1. The van der Waals surface area contributed by atoms with E-state index < -0.39 is 0 Å². The molecule has 0 atom stereocenters. The quantitative estimate of drug-likeness (QED) is 0.742. The SMILES string of the molecule is C=C(C)N1CCC(CNC(C)C)CC1. The van der Waals surface area contributed by atoms with Gasteiger partial charge in [-0.1, -0.05) is 20.4 Å². The first-order chi connectivity index (χ1) is 6.59. The normalized spacial score (nSPS) is 19.0. The second-order valence-corrected chi connectivity index (χ2v) is 4.73. The molecule has 82 valence electrons. The molecule has 0 radical (unpaired) electrons. The van der Waals surface area contributed by atoms with Crippen LogP contribution >= 0.6 is 0 Å². The highest BCUT2D eigenvalue weighted by molar-refractivity contribution is 4.91. The summed E-state index contributed by atoms with van der Waals surface area (Å²) in [4.78, 5) is 2.39. The topological polar surface area (TPSA) is 15.3 Å². The number of rotatable bonds is 4. The molecule has 0 aromatic carbocycles. The predicted molar refractivity (Wildman–Crippen MR) is 62.2 cm³/mol. The van der Waals surface area contributed by atoms with Gasteiger partial charge in [-0.3, -0.25) is 0 Å². The molecule has 1 N–H and O–H groups in total. The Balaban J connectivity index is 2.19. The van der Waals surface area contributed by atoms with Crippen molar-refractivity contribution in [3.05, 3.63) is 12.3 Å². The van der Waals surface area contributed by atoms with Crippen LogP contribution in [0.25, 0.3) is 0 Å². The van der Waals surface area contributed by atoms with Crippen molar-refractivity contribution >= 4 is 0 Å². The van der Waals surface area contributed by atoms with Crippen LogP contribution in [0.3, 0.4) is 0 Å². The van der Waals surface area contributed by atoms with Crippen LogP contribution in [0.2, 0.25) is 0 Å². The molecule has 2 heteroatoms. The molecule has 0 bridgehead atoms. The van der Waals surface area contributed by atoms with Crippen molar-refractivity contribution < 1.29 is 0 Å². The lowest BCUT2D eigenvalue weighted by Crippen LogP contribution is -2.37. The maximum atomic E-state index is 3.99. The molecule has 1 saturated heterocycles. The monoisotopic (exact) mass is 196 g/mol. The summed E-state index contributed by atoms with van der Waals surface area (Å²) in [5.74, 6) is 0.869. The highest BCUT2D eigenvalue weighted by Gasteiger charge is 2.18. The third kappa shape index (κ3) is 3.70. The van der Waals surface area contributed by atoms with Gasteiger partial charge in [-0.15, -0.1) is 0 Å². The van der Waals surface area contributed by atoms with Crippen LogP contribution in [0.1, 0.15) is 33.6 Å². The lowest BCUT2D eigenvalue weighted by molar-refractivity contribution is 0.221. The van der Waals surface area contributed by atoms with Gasteiger partial charge in [-0.25, -0.2) is 0 Å². The van der Waals surface area contributed by atoms with Gasteiger partial charge >= 0.3 is 0 Å². The van der Waals surface area contributed by atoms with Crippen LogP contribution in [0.15, 0.2) is 12.3 Å². The first-order valence-corrected chi connectivity index (χ1v) is 5.73. The molecule has 0 aliphatic carbocycles. The van der Waals surface area contributed by atoms with E-state index in [0.717, 1.165) is 5.92 Å². The molecule has 1 heterocycles. The van der Waals surface area contributed by atoms with Gasteiger partial charge in [-0.05, 0) is 32.2 Å². The Bertz CT molecular complexity index is 179. The Kier molecular flexibility index (Phi) is 4.46. The maximum absolute atomic E-state index is 3.99. The molecule has 1 aliphatic rings. The minimum Gasteiger partial charge on any atom is -0.376 e. The van der Waals surface area contributed by atoms with Gasteiger partial charge in [0, 0.05) is 24.8 Å². The van der Waals surface area contributed by atoms with Crippen molar-refractivity contribution in [3.63, 3.8) is 0 Å². The highest BCUT2D eigenvalue weighted by Crippen LogP contribution is 2.18. The van der Waals surface area contributed by atoms with Gasteiger partial charge in [0.25, 0.3) is 0 Å². The van der Waals surface area contributed by atoms with E-state index in [2.05, 4.69) is 37.6 Å². The van der Waals surface area contributed by atoms with Crippen LogP contribution in [-0.2, 0) is 0 Å². The van der Waals surface area contributed by atoms with Crippen LogP contribution < -0.4 is 5.32 Å². The number of piperidine rings is 1. The molecule has 14 heavy (non-hydrogen) atoms. The molecule has 0 saturated carbocycles. The average Bonchev–Trinajstić information content (AvgIpc) is 2.15. The Labute approximate surface area is 88.4 Å². The van der Waals surface area contributed by atoms with E-state index in [1.807, 2.05) is 0 Å². The van der Waals surface area contributed by atoms with Crippen molar-refractivity contribution in [3.8, 4) is 0 Å². The fourth-order valence-electron chi connectivity index (χ4n) is 1.92. The van der Waals surface area contributed by atoms with Crippen molar-refractivity contribution in [1.29, 1.82) is 0 Å². The average molecular weight is 196 g/mol. The lowest BCUT2D eigenvalue weighted by Gasteiger charge is -2.34. The molecular formula is C12H24N2. The zero-order chi connectivity index (χ0) is 10.6. The molecule has 0 unspecified atom stereocenters. The van der Waals surface area contributed by atoms with Gasteiger partial charge in [0.2, 0.25) is 0 Å². The van der Waals surface area contributed by atoms with E-state index in [-0.39, 0.29) is 0 Å². The zero-order valence-corrected chi connectivity index (χ0v) is 9.84. The molecule has 0 aromatic rings. The minimum atomic E-state index is 0.620. The number of hydrogen-bond acceptors (Lipinski definition) is 2. The first-order valence-electron chi connectivity index (χ1n) is 5.73. The summed E-state index contributed by atoms with van der Waals surface area (Å²) in [7, 11) is 0. The Hall–Kier alpha value is -0.500. The van der Waals surface area contributed by atoms with Crippen molar-refractivity contribution in [2.45, 2.75) is 39.7 Å². The number of likely N-dealkylation sites (tertiary alicyclic amines) is 1. The largest absolute Gasteiger partial charge is 0.376 e. The molecule has 0 amide bonds. The van der Waals surface area contributed by atoms with Gasteiger partial charge in [0.1, 0.15) is 0 Å². The molecule has 1 fully saturated rings. The van der Waals surface area contributed by atoms with Crippen molar-refractivity contribution in [1.82, 2.24) is 10.2 Å². The van der Waals surface area contributed by atoms with Crippen LogP contribution in [0.5, 0.6) is 0 Å². The lowest BCUT2D eigenvalue weighted by atomic mass is 9.96. The summed E-state index contributed by atoms with van der Waals surface area (Å²) >= 11 is 0. The van der Waals surface area contributed by atoms with Gasteiger partial charge in [-0.2, -0.15) is 0 Å². The van der Waals surface area contributed by atoms with E-state index in [1.54, 1.807) is 0 Å². The number of hydrogen-bond donors (Lipinski definition) is 1. The van der Waals surface area contributed by atoms with Gasteiger partial charge in [0.05, 0.1) is 0 Å². The maximum Gasteiger partial charge on any atom is 0.0177 e. The number of nitrogens with zero attached hydrogens (tertiary/aromatic N) is 1. The Morgan fingerprint density at radius 3 is 2.43 bits per heavy atom. The van der Waals surface area contributed by atoms with E-state index in [1.165, 1.54) is 38.2 Å². The summed E-state index contributed by atoms with van der Waals surface area (Å²) in [6, 6.07) is 0.620. The summed E-state index contributed by atoms with van der Waals surface area (Å²) in [6.07, 6.45) is 2.62. The second-order valence-electron chi connectivity index (χ2n) is 4.73. The highest BCUT2D eigenvalue weighted by atomic mass is 15.1. The van der Waals surface area contributed by atoms with E-state index >= 15 is 0 Å². The molecule has 0 aromatic heterocycles. The minimum absolute atomic E-state index is 0.620. The van der Waals surface area contributed by atoms with E-state index in [9.17, 15) is 0 Å². The summed E-state index contributed by atoms with van der Waals surface area (Å²) in [5, 5.41) is 3.52. The fraction of sp³-hybridized carbons (Fsp3) is 0.833. The van der Waals surface area contributed by atoms with Gasteiger partial charge in [0.15, 0.2) is 0 Å². The van der Waals surface area contributed by atoms with E-state index in [4.69, 9.17) is 0 Å². The molecule has 2 nitrogen and oxygen atoms in total. The zero-order valence-electron chi connectivity index (χ0n) is 9.84. The molecule has 1 rings (SSSR count).